The Labute approximate surface area is 112 Å². The number of carbonyl (C=O) groups is 2. The lowest BCUT2D eigenvalue weighted by Gasteiger charge is -2.15. The van der Waals surface area contributed by atoms with Crippen LogP contribution in [0.3, 0.4) is 0 Å². The van der Waals surface area contributed by atoms with Gasteiger partial charge in [0, 0.05) is 6.54 Å². The zero-order chi connectivity index (χ0) is 14.3. The first-order valence-electron chi connectivity index (χ1n) is 6.33. The molecule has 1 aromatic rings. The van der Waals surface area contributed by atoms with Gasteiger partial charge in [-0.3, -0.25) is 4.79 Å². The van der Waals surface area contributed by atoms with Crippen molar-refractivity contribution in [3.8, 4) is 5.75 Å². The molecule has 1 aromatic carbocycles. The lowest BCUT2D eigenvalue weighted by atomic mass is 10.2. The number of carboxylic acids is 1. The van der Waals surface area contributed by atoms with Crippen LogP contribution in [-0.2, 0) is 4.79 Å². The van der Waals surface area contributed by atoms with Crippen LogP contribution in [0.5, 0.6) is 5.75 Å². The number of amides is 1. The van der Waals surface area contributed by atoms with Crippen molar-refractivity contribution < 1.29 is 19.4 Å². The Morgan fingerprint density at radius 3 is 2.68 bits per heavy atom. The number of ether oxygens (including phenoxy) is 1. The van der Waals surface area contributed by atoms with E-state index in [9.17, 15) is 9.59 Å². The van der Waals surface area contributed by atoms with Crippen LogP contribution in [0.25, 0.3) is 0 Å². The number of nitrogens with one attached hydrogen (secondary N) is 1. The molecule has 0 saturated heterocycles. The van der Waals surface area contributed by atoms with E-state index in [-0.39, 0.29) is 17.2 Å². The highest BCUT2D eigenvalue weighted by Crippen LogP contribution is 2.19. The van der Waals surface area contributed by atoms with Gasteiger partial charge < -0.3 is 15.2 Å². The van der Waals surface area contributed by atoms with Crippen LogP contribution in [0.1, 0.15) is 37.0 Å². The van der Waals surface area contributed by atoms with Crippen molar-refractivity contribution in [1.29, 1.82) is 0 Å². The SMILES string of the molecule is CCCCNC(=O)C(C)Oc1ccccc1C(=O)O. The molecule has 0 bridgehead atoms. The molecule has 104 valence electrons. The maximum absolute atomic E-state index is 11.7. The van der Waals surface area contributed by atoms with Gasteiger partial charge in [0.15, 0.2) is 6.10 Å². The van der Waals surface area contributed by atoms with Crippen molar-refractivity contribution >= 4 is 11.9 Å². The van der Waals surface area contributed by atoms with Gasteiger partial charge in [-0.2, -0.15) is 0 Å². The lowest BCUT2D eigenvalue weighted by Crippen LogP contribution is -2.37. The smallest absolute Gasteiger partial charge is 0.339 e. The summed E-state index contributed by atoms with van der Waals surface area (Å²) in [5.41, 5.74) is 0.0516. The highest BCUT2D eigenvalue weighted by atomic mass is 16.5. The molecule has 0 aliphatic heterocycles. The number of benzene rings is 1. The van der Waals surface area contributed by atoms with E-state index in [0.717, 1.165) is 12.8 Å². The topological polar surface area (TPSA) is 75.6 Å². The van der Waals surface area contributed by atoms with E-state index in [1.807, 2.05) is 6.92 Å². The fourth-order valence-electron chi connectivity index (χ4n) is 1.52. The van der Waals surface area contributed by atoms with E-state index in [0.29, 0.717) is 6.54 Å². The molecule has 0 fully saturated rings. The van der Waals surface area contributed by atoms with Gasteiger partial charge in [0.1, 0.15) is 11.3 Å². The van der Waals surface area contributed by atoms with Gasteiger partial charge in [-0.05, 0) is 25.5 Å². The Bertz CT molecular complexity index is 445. The Morgan fingerprint density at radius 2 is 2.05 bits per heavy atom. The minimum absolute atomic E-state index is 0.0516. The minimum atomic E-state index is -1.07. The molecular formula is C14H19NO4. The van der Waals surface area contributed by atoms with Crippen LogP contribution >= 0.6 is 0 Å². The van der Waals surface area contributed by atoms with Crippen LogP contribution in [0.4, 0.5) is 0 Å². The second-order valence-corrected chi connectivity index (χ2v) is 4.21. The first kappa shape index (κ1) is 15.0. The Balaban J connectivity index is 2.63. The molecule has 0 heterocycles. The monoisotopic (exact) mass is 265 g/mol. The summed E-state index contributed by atoms with van der Waals surface area (Å²) >= 11 is 0. The molecule has 2 N–H and O–H groups in total. The fourth-order valence-corrected chi connectivity index (χ4v) is 1.52. The number of unbranched alkanes of at least 4 members (excludes halogenated alkanes) is 1. The highest BCUT2D eigenvalue weighted by molar-refractivity contribution is 5.91. The van der Waals surface area contributed by atoms with E-state index in [2.05, 4.69) is 5.32 Å². The molecule has 1 rings (SSSR count). The molecule has 0 aliphatic carbocycles. The van der Waals surface area contributed by atoms with Crippen molar-refractivity contribution in [2.45, 2.75) is 32.8 Å². The summed E-state index contributed by atoms with van der Waals surface area (Å²) in [6.45, 7) is 4.23. The molecular weight excluding hydrogens is 246 g/mol. The number of hydrogen-bond acceptors (Lipinski definition) is 3. The van der Waals surface area contributed by atoms with Crippen LogP contribution in [0, 0.1) is 0 Å². The second-order valence-electron chi connectivity index (χ2n) is 4.21. The lowest BCUT2D eigenvalue weighted by molar-refractivity contribution is -0.127. The predicted molar refractivity (Wildman–Crippen MR) is 71.4 cm³/mol. The third-order valence-electron chi connectivity index (χ3n) is 2.62. The maximum atomic E-state index is 11.7. The Morgan fingerprint density at radius 1 is 1.37 bits per heavy atom. The molecule has 19 heavy (non-hydrogen) atoms. The second kappa shape index (κ2) is 7.41. The standard InChI is InChI=1S/C14H19NO4/c1-3-4-9-15-13(16)10(2)19-12-8-6-5-7-11(12)14(17)18/h5-8,10H,3-4,9H2,1-2H3,(H,15,16)(H,17,18). The van der Waals surface area contributed by atoms with E-state index >= 15 is 0 Å². The fraction of sp³-hybridized carbons (Fsp3) is 0.429. The number of aromatic carboxylic acids is 1. The molecule has 1 atom stereocenters. The number of rotatable bonds is 7. The molecule has 1 unspecified atom stereocenters. The Kier molecular flexibility index (Phi) is 5.85. The van der Waals surface area contributed by atoms with Gasteiger partial charge in [-0.25, -0.2) is 4.79 Å². The van der Waals surface area contributed by atoms with Gasteiger partial charge in [0.25, 0.3) is 5.91 Å². The van der Waals surface area contributed by atoms with Gasteiger partial charge in [-0.15, -0.1) is 0 Å². The molecule has 5 heteroatoms. The summed E-state index contributed by atoms with van der Waals surface area (Å²) in [5, 5.41) is 11.8. The van der Waals surface area contributed by atoms with Crippen LogP contribution in [0.15, 0.2) is 24.3 Å². The zero-order valence-corrected chi connectivity index (χ0v) is 11.2. The number of hydrogen-bond donors (Lipinski definition) is 2. The molecule has 1 amide bonds. The van der Waals surface area contributed by atoms with Crippen molar-refractivity contribution in [3.63, 3.8) is 0 Å². The summed E-state index contributed by atoms with van der Waals surface area (Å²) in [4.78, 5) is 22.7. The van der Waals surface area contributed by atoms with Gasteiger partial charge in [-0.1, -0.05) is 25.5 Å². The van der Waals surface area contributed by atoms with Crippen molar-refractivity contribution in [2.75, 3.05) is 6.54 Å². The number of carbonyl (C=O) groups excluding carboxylic acids is 1. The third-order valence-corrected chi connectivity index (χ3v) is 2.62. The largest absolute Gasteiger partial charge is 0.480 e. The molecule has 0 saturated carbocycles. The number of carboxylic acid groups (broad SMARTS) is 1. The zero-order valence-electron chi connectivity index (χ0n) is 11.2. The van der Waals surface area contributed by atoms with E-state index in [1.54, 1.807) is 25.1 Å². The summed E-state index contributed by atoms with van der Waals surface area (Å²) in [6.07, 6.45) is 1.18. The van der Waals surface area contributed by atoms with Crippen LogP contribution in [0.2, 0.25) is 0 Å². The third kappa shape index (κ3) is 4.62. The minimum Gasteiger partial charge on any atom is -0.480 e. The van der Waals surface area contributed by atoms with E-state index in [1.165, 1.54) is 6.07 Å². The Hall–Kier alpha value is -2.04. The van der Waals surface area contributed by atoms with Crippen molar-refractivity contribution in [3.05, 3.63) is 29.8 Å². The molecule has 0 radical (unpaired) electrons. The molecule has 0 aliphatic rings. The van der Waals surface area contributed by atoms with Gasteiger partial charge >= 0.3 is 5.97 Å². The molecule has 5 nitrogen and oxygen atoms in total. The van der Waals surface area contributed by atoms with Gasteiger partial charge in [0.05, 0.1) is 0 Å². The first-order valence-corrected chi connectivity index (χ1v) is 6.33. The molecule has 0 aromatic heterocycles. The van der Waals surface area contributed by atoms with Crippen molar-refractivity contribution in [1.82, 2.24) is 5.32 Å². The maximum Gasteiger partial charge on any atom is 0.339 e. The van der Waals surface area contributed by atoms with Crippen molar-refractivity contribution in [2.24, 2.45) is 0 Å². The van der Waals surface area contributed by atoms with Gasteiger partial charge in [0.2, 0.25) is 0 Å². The normalized spacial score (nSPS) is 11.7. The first-order chi connectivity index (χ1) is 9.06. The average Bonchev–Trinajstić information content (AvgIpc) is 2.39. The molecule has 0 spiro atoms. The quantitative estimate of drug-likeness (QED) is 0.740. The van der Waals surface area contributed by atoms with E-state index in [4.69, 9.17) is 9.84 Å². The summed E-state index contributed by atoms with van der Waals surface area (Å²) in [7, 11) is 0. The number of para-hydroxylation sites is 1. The highest BCUT2D eigenvalue weighted by Gasteiger charge is 2.17. The predicted octanol–water partition coefficient (Wildman–Crippen LogP) is 2.07. The van der Waals surface area contributed by atoms with E-state index < -0.39 is 12.1 Å². The summed E-state index contributed by atoms with van der Waals surface area (Å²) in [6, 6.07) is 6.27. The summed E-state index contributed by atoms with van der Waals surface area (Å²) in [5.74, 6) is -1.11. The average molecular weight is 265 g/mol. The van der Waals surface area contributed by atoms with Crippen LogP contribution in [-0.4, -0.2) is 29.6 Å². The summed E-state index contributed by atoms with van der Waals surface area (Å²) < 4.78 is 5.41. The van der Waals surface area contributed by atoms with Crippen LogP contribution < -0.4 is 10.1 Å².